The second kappa shape index (κ2) is 2.69. The maximum atomic E-state index is 11.1. The van der Waals surface area contributed by atoms with E-state index in [1.54, 1.807) is 18.2 Å². The summed E-state index contributed by atoms with van der Waals surface area (Å²) in [5.74, 6) is -0.927. The molecule has 13 heavy (non-hydrogen) atoms. The number of fused-ring (bicyclic) bond motifs is 1. The van der Waals surface area contributed by atoms with Crippen molar-refractivity contribution in [2.75, 3.05) is 0 Å². The fraction of sp³-hybridized carbons (Fsp3) is 0.200. The normalized spacial score (nSPS) is 26.1. The maximum Gasteiger partial charge on any atom is 0.346 e. The highest BCUT2D eigenvalue weighted by Crippen LogP contribution is 2.25. The first-order valence-corrected chi connectivity index (χ1v) is 4.05. The zero-order valence-electron chi connectivity index (χ0n) is 7.11. The summed E-state index contributed by atoms with van der Waals surface area (Å²) in [4.78, 5) is 22.2. The largest absolute Gasteiger partial charge is 0.386 e. The number of hydrogen-bond acceptors (Lipinski definition) is 3. The lowest BCUT2D eigenvalue weighted by Crippen LogP contribution is -1.98. The van der Waals surface area contributed by atoms with Crippen LogP contribution in [0.3, 0.4) is 0 Å². The summed E-state index contributed by atoms with van der Waals surface area (Å²) in [5.41, 5.74) is 0.758. The highest BCUT2D eigenvalue weighted by atomic mass is 16.6. The van der Waals surface area contributed by atoms with E-state index < -0.39 is 11.9 Å². The van der Waals surface area contributed by atoms with E-state index in [0.717, 1.165) is 0 Å². The molecule has 1 aliphatic carbocycles. The highest BCUT2D eigenvalue weighted by molar-refractivity contribution is 6.18. The van der Waals surface area contributed by atoms with Gasteiger partial charge in [-0.25, -0.2) is 9.59 Å². The molecule has 2 rings (SSSR count). The first-order valence-electron chi connectivity index (χ1n) is 4.05. The van der Waals surface area contributed by atoms with Crippen molar-refractivity contribution in [1.29, 1.82) is 0 Å². The van der Waals surface area contributed by atoms with E-state index in [1.807, 2.05) is 13.0 Å². The molecule has 3 nitrogen and oxygen atoms in total. The van der Waals surface area contributed by atoms with Gasteiger partial charge in [0.2, 0.25) is 0 Å². The lowest BCUT2D eigenvalue weighted by atomic mass is 10.1. The molecule has 2 aliphatic rings. The van der Waals surface area contributed by atoms with Crippen molar-refractivity contribution >= 4 is 11.9 Å². The van der Waals surface area contributed by atoms with Crippen LogP contribution in [0.15, 0.2) is 35.5 Å². The Morgan fingerprint density at radius 2 is 1.92 bits per heavy atom. The summed E-state index contributed by atoms with van der Waals surface area (Å²) < 4.78 is 4.46. The van der Waals surface area contributed by atoms with Gasteiger partial charge in [0.05, 0.1) is 11.1 Å². The van der Waals surface area contributed by atoms with E-state index in [4.69, 9.17) is 0 Å². The third-order valence-corrected chi connectivity index (χ3v) is 2.02. The Bertz CT molecular complexity index is 372. The fourth-order valence-corrected chi connectivity index (χ4v) is 1.38. The topological polar surface area (TPSA) is 43.4 Å². The van der Waals surface area contributed by atoms with Gasteiger partial charge >= 0.3 is 11.9 Å². The Morgan fingerprint density at radius 3 is 2.69 bits per heavy atom. The van der Waals surface area contributed by atoms with Crippen LogP contribution in [0, 0.1) is 5.92 Å². The minimum Gasteiger partial charge on any atom is -0.386 e. The first-order chi connectivity index (χ1) is 6.18. The SMILES string of the molecule is CC1C=CC=C2C(=O)OC(=O)C2=C1. The van der Waals surface area contributed by atoms with Gasteiger partial charge in [0.25, 0.3) is 0 Å². The van der Waals surface area contributed by atoms with Crippen LogP contribution in [-0.2, 0) is 14.3 Å². The molecule has 3 heteroatoms. The molecule has 0 bridgehead atoms. The third kappa shape index (κ3) is 1.22. The highest BCUT2D eigenvalue weighted by Gasteiger charge is 2.33. The number of esters is 2. The van der Waals surface area contributed by atoms with Crippen molar-refractivity contribution in [1.82, 2.24) is 0 Å². The maximum absolute atomic E-state index is 11.1. The monoisotopic (exact) mass is 176 g/mol. The number of ether oxygens (including phenoxy) is 1. The minimum atomic E-state index is -0.546. The van der Waals surface area contributed by atoms with Gasteiger partial charge in [-0.3, -0.25) is 0 Å². The molecular formula is C10H8O3. The van der Waals surface area contributed by atoms with Crippen molar-refractivity contribution in [3.05, 3.63) is 35.5 Å². The summed E-state index contributed by atoms with van der Waals surface area (Å²) in [5, 5.41) is 0. The van der Waals surface area contributed by atoms with Gasteiger partial charge in [0.15, 0.2) is 0 Å². The van der Waals surface area contributed by atoms with Gasteiger partial charge in [0.1, 0.15) is 0 Å². The van der Waals surface area contributed by atoms with Crippen molar-refractivity contribution in [3.63, 3.8) is 0 Å². The number of carbonyl (C=O) groups excluding carboxylic acids is 2. The number of allylic oxidation sites excluding steroid dienone is 4. The molecule has 0 N–H and O–H groups in total. The van der Waals surface area contributed by atoms with Gasteiger partial charge in [-0.05, 0) is 12.0 Å². The van der Waals surface area contributed by atoms with E-state index in [-0.39, 0.29) is 5.92 Å². The third-order valence-electron chi connectivity index (χ3n) is 2.02. The number of rotatable bonds is 0. The number of cyclic esters (lactones) is 2. The van der Waals surface area contributed by atoms with Crippen LogP contribution in [0.4, 0.5) is 0 Å². The van der Waals surface area contributed by atoms with Gasteiger partial charge in [0, 0.05) is 0 Å². The van der Waals surface area contributed by atoms with Crippen LogP contribution < -0.4 is 0 Å². The Hall–Kier alpha value is -1.64. The molecule has 1 unspecified atom stereocenters. The van der Waals surface area contributed by atoms with Gasteiger partial charge in [-0.2, -0.15) is 0 Å². The molecule has 0 aromatic rings. The predicted octanol–water partition coefficient (Wildman–Crippen LogP) is 1.13. The Kier molecular flexibility index (Phi) is 1.65. The molecule has 0 aromatic heterocycles. The van der Waals surface area contributed by atoms with Crippen molar-refractivity contribution in [3.8, 4) is 0 Å². The zero-order chi connectivity index (χ0) is 9.42. The molecule has 1 atom stereocenters. The molecule has 1 saturated heterocycles. The van der Waals surface area contributed by atoms with E-state index in [1.165, 1.54) is 0 Å². The average molecular weight is 176 g/mol. The van der Waals surface area contributed by atoms with Crippen LogP contribution in [0.1, 0.15) is 6.92 Å². The smallest absolute Gasteiger partial charge is 0.346 e. The summed E-state index contributed by atoms with van der Waals surface area (Å²) in [6, 6.07) is 0. The van der Waals surface area contributed by atoms with Crippen LogP contribution in [-0.4, -0.2) is 11.9 Å². The molecule has 0 radical (unpaired) electrons. The van der Waals surface area contributed by atoms with Gasteiger partial charge in [-0.1, -0.05) is 25.2 Å². The van der Waals surface area contributed by atoms with Crippen LogP contribution in [0.25, 0.3) is 0 Å². The quantitative estimate of drug-likeness (QED) is 0.410. The first kappa shape index (κ1) is 7.98. The van der Waals surface area contributed by atoms with Crippen LogP contribution in [0.5, 0.6) is 0 Å². The second-order valence-corrected chi connectivity index (χ2v) is 3.08. The Balaban J connectivity index is 2.52. The molecule has 0 amide bonds. The minimum absolute atomic E-state index is 0.155. The van der Waals surface area contributed by atoms with E-state index in [0.29, 0.717) is 11.1 Å². The molecule has 1 aliphatic heterocycles. The Labute approximate surface area is 75.4 Å². The molecule has 1 fully saturated rings. The molecule has 0 saturated carbocycles. The molecule has 0 spiro atoms. The summed E-state index contributed by atoms with van der Waals surface area (Å²) in [6.45, 7) is 1.94. The van der Waals surface area contributed by atoms with Crippen molar-refractivity contribution < 1.29 is 14.3 Å². The van der Waals surface area contributed by atoms with E-state index >= 15 is 0 Å². The Morgan fingerprint density at radius 1 is 1.23 bits per heavy atom. The second-order valence-electron chi connectivity index (χ2n) is 3.08. The van der Waals surface area contributed by atoms with Gasteiger partial charge < -0.3 is 4.74 Å². The molecule has 0 aromatic carbocycles. The predicted molar refractivity (Wildman–Crippen MR) is 45.6 cm³/mol. The lowest BCUT2D eigenvalue weighted by molar-refractivity contribution is -0.149. The average Bonchev–Trinajstić information content (AvgIpc) is 2.28. The number of hydrogen-bond donors (Lipinski definition) is 0. The standard InChI is InChI=1S/C10H8O3/c1-6-3-2-4-7-8(5-6)10(12)13-9(7)11/h2-6H,1H3. The summed E-state index contributed by atoms with van der Waals surface area (Å²) >= 11 is 0. The summed E-state index contributed by atoms with van der Waals surface area (Å²) in [6.07, 6.45) is 7.04. The molecular weight excluding hydrogens is 168 g/mol. The van der Waals surface area contributed by atoms with E-state index in [2.05, 4.69) is 4.74 Å². The van der Waals surface area contributed by atoms with Crippen LogP contribution in [0.2, 0.25) is 0 Å². The number of carbonyl (C=O) groups is 2. The van der Waals surface area contributed by atoms with E-state index in [9.17, 15) is 9.59 Å². The molecule has 1 heterocycles. The van der Waals surface area contributed by atoms with Gasteiger partial charge in [-0.15, -0.1) is 0 Å². The van der Waals surface area contributed by atoms with Crippen molar-refractivity contribution in [2.24, 2.45) is 5.92 Å². The summed E-state index contributed by atoms with van der Waals surface area (Å²) in [7, 11) is 0. The zero-order valence-corrected chi connectivity index (χ0v) is 7.11. The fourth-order valence-electron chi connectivity index (χ4n) is 1.38. The lowest BCUT2D eigenvalue weighted by Gasteiger charge is -1.95. The van der Waals surface area contributed by atoms with Crippen molar-refractivity contribution in [2.45, 2.75) is 6.92 Å². The molecule has 66 valence electrons. The van der Waals surface area contributed by atoms with Crippen LogP contribution >= 0.6 is 0 Å².